The highest BCUT2D eigenvalue weighted by Crippen LogP contribution is 1.99. The van der Waals surface area contributed by atoms with Gasteiger partial charge in [0.05, 0.1) is 6.61 Å². The van der Waals surface area contributed by atoms with Gasteiger partial charge in [0, 0.05) is 20.2 Å². The van der Waals surface area contributed by atoms with Crippen LogP contribution in [0.25, 0.3) is 0 Å². The molecule has 0 aromatic heterocycles. The van der Waals surface area contributed by atoms with Crippen molar-refractivity contribution in [3.63, 3.8) is 0 Å². The van der Waals surface area contributed by atoms with Crippen LogP contribution in [0.15, 0.2) is 60.7 Å². The minimum atomic E-state index is -0.760. The fraction of sp³-hybridized carbons (Fsp3) is 0.263. The van der Waals surface area contributed by atoms with Crippen LogP contribution in [-0.4, -0.2) is 31.7 Å². The molecule has 2 aromatic carbocycles. The van der Waals surface area contributed by atoms with Crippen LogP contribution in [0.1, 0.15) is 11.1 Å². The van der Waals surface area contributed by atoms with Gasteiger partial charge in [0.25, 0.3) is 0 Å². The molecular formula is C19H23N3O3. The van der Waals surface area contributed by atoms with Crippen molar-refractivity contribution in [2.75, 3.05) is 13.7 Å². The van der Waals surface area contributed by atoms with Gasteiger partial charge in [0.1, 0.15) is 6.04 Å². The van der Waals surface area contributed by atoms with Crippen LogP contribution in [0.3, 0.4) is 0 Å². The van der Waals surface area contributed by atoms with Crippen LogP contribution < -0.4 is 16.0 Å². The Morgan fingerprint density at radius 1 is 0.880 bits per heavy atom. The molecule has 2 rings (SSSR count). The van der Waals surface area contributed by atoms with E-state index in [9.17, 15) is 9.59 Å². The monoisotopic (exact) mass is 341 g/mol. The van der Waals surface area contributed by atoms with Crippen molar-refractivity contribution in [3.05, 3.63) is 71.8 Å². The average Bonchev–Trinajstić information content (AvgIpc) is 2.66. The van der Waals surface area contributed by atoms with Gasteiger partial charge in [-0.25, -0.2) is 4.79 Å². The predicted molar refractivity (Wildman–Crippen MR) is 95.8 cm³/mol. The van der Waals surface area contributed by atoms with Crippen molar-refractivity contribution in [2.45, 2.75) is 19.1 Å². The molecular weight excluding hydrogens is 318 g/mol. The van der Waals surface area contributed by atoms with E-state index in [1.165, 1.54) is 7.11 Å². The van der Waals surface area contributed by atoms with Gasteiger partial charge in [-0.2, -0.15) is 0 Å². The number of nitrogens with one attached hydrogen (secondary N) is 3. The summed E-state index contributed by atoms with van der Waals surface area (Å²) in [6, 6.07) is 17.9. The highest BCUT2D eigenvalue weighted by molar-refractivity contribution is 5.87. The summed E-state index contributed by atoms with van der Waals surface area (Å²) in [6.07, 6.45) is 0. The Bertz CT molecular complexity index is 662. The molecule has 6 heteroatoms. The summed E-state index contributed by atoms with van der Waals surface area (Å²) in [5.74, 6) is -0.291. The number of carbonyl (C=O) groups excluding carboxylic acids is 2. The molecule has 0 aliphatic heterocycles. The third-order valence-electron chi connectivity index (χ3n) is 3.56. The number of rotatable bonds is 8. The van der Waals surface area contributed by atoms with E-state index >= 15 is 0 Å². The first-order valence-corrected chi connectivity index (χ1v) is 8.08. The zero-order valence-electron chi connectivity index (χ0n) is 14.2. The maximum absolute atomic E-state index is 12.3. The van der Waals surface area contributed by atoms with Crippen LogP contribution in [0.4, 0.5) is 4.79 Å². The minimum Gasteiger partial charge on any atom is -0.382 e. The van der Waals surface area contributed by atoms with Gasteiger partial charge >= 0.3 is 6.03 Å². The zero-order valence-corrected chi connectivity index (χ0v) is 14.2. The standard InChI is InChI=1S/C19H23N3O3/c1-25-14-17(18(23)20-12-15-8-4-2-5-9-15)22-19(24)21-13-16-10-6-3-7-11-16/h2-11,17H,12-14H2,1H3,(H,20,23)(H2,21,22,24)/t17-/m0/s1. The van der Waals surface area contributed by atoms with Crippen LogP contribution in [-0.2, 0) is 22.6 Å². The first-order valence-electron chi connectivity index (χ1n) is 8.08. The molecule has 25 heavy (non-hydrogen) atoms. The fourth-order valence-corrected chi connectivity index (χ4v) is 2.25. The number of urea groups is 1. The van der Waals surface area contributed by atoms with Crippen molar-refractivity contribution in [1.82, 2.24) is 16.0 Å². The highest BCUT2D eigenvalue weighted by atomic mass is 16.5. The lowest BCUT2D eigenvalue weighted by Crippen LogP contribution is -2.51. The maximum atomic E-state index is 12.3. The molecule has 132 valence electrons. The maximum Gasteiger partial charge on any atom is 0.315 e. The van der Waals surface area contributed by atoms with E-state index in [1.807, 2.05) is 60.7 Å². The smallest absolute Gasteiger partial charge is 0.315 e. The Morgan fingerprint density at radius 2 is 1.40 bits per heavy atom. The second-order valence-electron chi connectivity index (χ2n) is 5.52. The van der Waals surface area contributed by atoms with Gasteiger partial charge in [-0.05, 0) is 11.1 Å². The Labute approximate surface area is 147 Å². The lowest BCUT2D eigenvalue weighted by Gasteiger charge is -2.18. The molecule has 0 bridgehead atoms. The van der Waals surface area contributed by atoms with E-state index in [2.05, 4.69) is 16.0 Å². The Hall–Kier alpha value is -2.86. The number of methoxy groups -OCH3 is 1. The summed E-state index contributed by atoms with van der Waals surface area (Å²) < 4.78 is 5.04. The summed E-state index contributed by atoms with van der Waals surface area (Å²) >= 11 is 0. The highest BCUT2D eigenvalue weighted by Gasteiger charge is 2.20. The zero-order chi connectivity index (χ0) is 17.9. The van der Waals surface area contributed by atoms with Crippen molar-refractivity contribution in [3.8, 4) is 0 Å². The van der Waals surface area contributed by atoms with Crippen LogP contribution >= 0.6 is 0 Å². The number of hydrogen-bond acceptors (Lipinski definition) is 3. The lowest BCUT2D eigenvalue weighted by atomic mass is 10.2. The third-order valence-corrected chi connectivity index (χ3v) is 3.56. The van der Waals surface area contributed by atoms with Gasteiger partial charge in [-0.15, -0.1) is 0 Å². The lowest BCUT2D eigenvalue weighted by molar-refractivity contribution is -0.124. The van der Waals surface area contributed by atoms with E-state index in [4.69, 9.17) is 4.74 Å². The fourth-order valence-electron chi connectivity index (χ4n) is 2.25. The van der Waals surface area contributed by atoms with E-state index in [-0.39, 0.29) is 12.5 Å². The predicted octanol–water partition coefficient (Wildman–Crippen LogP) is 1.82. The second-order valence-corrected chi connectivity index (χ2v) is 5.52. The van der Waals surface area contributed by atoms with Crippen LogP contribution in [0.2, 0.25) is 0 Å². The molecule has 0 heterocycles. The normalized spacial score (nSPS) is 11.4. The molecule has 0 fully saturated rings. The Kier molecular flexibility index (Phi) is 7.46. The molecule has 3 amide bonds. The van der Waals surface area contributed by atoms with Crippen molar-refractivity contribution < 1.29 is 14.3 Å². The second kappa shape index (κ2) is 10.1. The van der Waals surface area contributed by atoms with E-state index in [0.29, 0.717) is 13.1 Å². The molecule has 0 saturated heterocycles. The molecule has 0 saturated carbocycles. The summed E-state index contributed by atoms with van der Waals surface area (Å²) in [4.78, 5) is 24.3. The van der Waals surface area contributed by atoms with E-state index in [1.54, 1.807) is 0 Å². The summed E-state index contributed by atoms with van der Waals surface area (Å²) in [5, 5.41) is 8.17. The summed E-state index contributed by atoms with van der Waals surface area (Å²) in [5.41, 5.74) is 1.97. The minimum absolute atomic E-state index is 0.0966. The largest absolute Gasteiger partial charge is 0.382 e. The molecule has 0 aliphatic carbocycles. The van der Waals surface area contributed by atoms with Crippen molar-refractivity contribution in [1.29, 1.82) is 0 Å². The molecule has 6 nitrogen and oxygen atoms in total. The average molecular weight is 341 g/mol. The van der Waals surface area contributed by atoms with Gasteiger partial charge in [-0.3, -0.25) is 4.79 Å². The SMILES string of the molecule is COC[C@H](NC(=O)NCc1ccccc1)C(=O)NCc1ccccc1. The first kappa shape index (κ1) is 18.5. The van der Waals surface area contributed by atoms with Crippen molar-refractivity contribution in [2.24, 2.45) is 0 Å². The Morgan fingerprint density at radius 3 is 1.92 bits per heavy atom. The first-order chi connectivity index (χ1) is 12.2. The summed E-state index contributed by atoms with van der Waals surface area (Å²) in [6.45, 7) is 0.880. The van der Waals surface area contributed by atoms with Crippen LogP contribution in [0.5, 0.6) is 0 Å². The number of benzene rings is 2. The molecule has 3 N–H and O–H groups in total. The number of hydrogen-bond donors (Lipinski definition) is 3. The topological polar surface area (TPSA) is 79.5 Å². The molecule has 1 atom stereocenters. The summed E-state index contributed by atoms with van der Waals surface area (Å²) in [7, 11) is 1.49. The number of carbonyl (C=O) groups is 2. The number of amides is 3. The van der Waals surface area contributed by atoms with Gasteiger partial charge < -0.3 is 20.7 Å². The quantitative estimate of drug-likeness (QED) is 0.685. The van der Waals surface area contributed by atoms with Gasteiger partial charge in [-0.1, -0.05) is 60.7 Å². The van der Waals surface area contributed by atoms with Gasteiger partial charge in [0.2, 0.25) is 5.91 Å². The molecule has 0 unspecified atom stereocenters. The molecule has 2 aromatic rings. The van der Waals surface area contributed by atoms with Crippen molar-refractivity contribution >= 4 is 11.9 Å². The molecule has 0 spiro atoms. The van der Waals surface area contributed by atoms with Gasteiger partial charge in [0.15, 0.2) is 0 Å². The molecule has 0 radical (unpaired) electrons. The van der Waals surface area contributed by atoms with Crippen LogP contribution in [0, 0.1) is 0 Å². The third kappa shape index (κ3) is 6.64. The Balaban J connectivity index is 1.81. The molecule has 0 aliphatic rings. The number of ether oxygens (including phenoxy) is 1. The van der Waals surface area contributed by atoms with E-state index < -0.39 is 12.1 Å². The van der Waals surface area contributed by atoms with E-state index in [0.717, 1.165) is 11.1 Å².